The van der Waals surface area contributed by atoms with E-state index in [1.807, 2.05) is 4.90 Å². The van der Waals surface area contributed by atoms with Crippen molar-refractivity contribution in [2.24, 2.45) is 7.05 Å². The molecule has 2 aromatic carbocycles. The summed E-state index contributed by atoms with van der Waals surface area (Å²) in [6, 6.07) is 12.9. The van der Waals surface area contributed by atoms with Gasteiger partial charge in [0.1, 0.15) is 40.1 Å². The Morgan fingerprint density at radius 3 is 2.48 bits per heavy atom. The van der Waals surface area contributed by atoms with Gasteiger partial charge in [0.2, 0.25) is 0 Å². The third-order valence-electron chi connectivity index (χ3n) is 7.90. The van der Waals surface area contributed by atoms with Crippen molar-refractivity contribution in [1.82, 2.24) is 19.0 Å². The van der Waals surface area contributed by atoms with Crippen molar-refractivity contribution in [3.8, 4) is 11.8 Å². The molecule has 242 valence electrons. The van der Waals surface area contributed by atoms with Crippen molar-refractivity contribution < 1.29 is 18.7 Å². The van der Waals surface area contributed by atoms with Gasteiger partial charge >= 0.3 is 11.8 Å². The number of carbonyl (C=O) groups excluding carboxylic acids is 1. The highest BCUT2D eigenvalue weighted by Gasteiger charge is 2.32. The van der Waals surface area contributed by atoms with E-state index in [4.69, 9.17) is 21.1 Å². The van der Waals surface area contributed by atoms with E-state index < -0.39 is 28.8 Å². The minimum atomic E-state index is -0.681. The second-order valence-electron chi connectivity index (χ2n) is 12.3. The molecule has 11 nitrogen and oxygen atoms in total. The molecular formula is C33H36ClFN6O5. The molecule has 46 heavy (non-hydrogen) atoms. The lowest BCUT2D eigenvalue weighted by molar-refractivity contribution is 0.0500. The molecule has 0 radical (unpaired) electrons. The van der Waals surface area contributed by atoms with Crippen LogP contribution in [0.4, 0.5) is 15.0 Å². The second-order valence-corrected chi connectivity index (χ2v) is 12.7. The van der Waals surface area contributed by atoms with Gasteiger partial charge in [-0.25, -0.2) is 14.0 Å². The number of hydrogen-bond donors (Lipinski definition) is 1. The molecule has 0 spiro atoms. The first-order valence-corrected chi connectivity index (χ1v) is 15.3. The van der Waals surface area contributed by atoms with Crippen LogP contribution in [0.3, 0.4) is 0 Å². The topological polar surface area (TPSA) is 124 Å². The number of methoxy groups -OCH3 is 1. The zero-order chi connectivity index (χ0) is 33.3. The van der Waals surface area contributed by atoms with Gasteiger partial charge in [0, 0.05) is 31.2 Å². The molecule has 1 aliphatic rings. The van der Waals surface area contributed by atoms with Gasteiger partial charge in [0.15, 0.2) is 0 Å². The SMILES string of the molecule is COc1ccc(Cn2c(=O)c3c(c(C#N)c(N4CCC[C@@H](NC(=O)OC(C)(C)C)C4)n3Cc3cc(F)ccc3Cl)n(C)c2=O)cc1. The van der Waals surface area contributed by atoms with Crippen molar-refractivity contribution in [2.75, 3.05) is 25.1 Å². The van der Waals surface area contributed by atoms with E-state index in [-0.39, 0.29) is 40.8 Å². The van der Waals surface area contributed by atoms with E-state index in [0.29, 0.717) is 48.6 Å². The Morgan fingerprint density at radius 2 is 1.83 bits per heavy atom. The third-order valence-corrected chi connectivity index (χ3v) is 8.27. The van der Waals surface area contributed by atoms with Crippen LogP contribution in [0.5, 0.6) is 5.75 Å². The summed E-state index contributed by atoms with van der Waals surface area (Å²) in [6.07, 6.45) is 0.769. The zero-order valence-electron chi connectivity index (χ0n) is 26.4. The summed E-state index contributed by atoms with van der Waals surface area (Å²) in [7, 11) is 3.06. The van der Waals surface area contributed by atoms with Gasteiger partial charge in [-0.3, -0.25) is 13.9 Å². The Bertz CT molecular complexity index is 1950. The Kier molecular flexibility index (Phi) is 9.17. The lowest BCUT2D eigenvalue weighted by Gasteiger charge is -2.35. The Labute approximate surface area is 270 Å². The fourth-order valence-electron chi connectivity index (χ4n) is 5.86. The molecule has 0 bridgehead atoms. The number of nitrogens with one attached hydrogen (secondary N) is 1. The molecule has 1 N–H and O–H groups in total. The van der Waals surface area contributed by atoms with Crippen LogP contribution >= 0.6 is 11.6 Å². The molecule has 0 unspecified atom stereocenters. The number of anilines is 1. The summed E-state index contributed by atoms with van der Waals surface area (Å²) in [6.45, 7) is 6.06. The highest BCUT2D eigenvalue weighted by molar-refractivity contribution is 6.31. The number of fused-ring (bicyclic) bond motifs is 1. The number of amides is 1. The summed E-state index contributed by atoms with van der Waals surface area (Å²) in [4.78, 5) is 42.5. The molecule has 1 amide bonds. The van der Waals surface area contributed by atoms with Crippen LogP contribution in [0.25, 0.3) is 11.0 Å². The van der Waals surface area contributed by atoms with E-state index in [0.717, 1.165) is 4.57 Å². The highest BCUT2D eigenvalue weighted by Crippen LogP contribution is 2.34. The summed E-state index contributed by atoms with van der Waals surface area (Å²) < 4.78 is 29.2. The predicted molar refractivity (Wildman–Crippen MR) is 173 cm³/mol. The summed E-state index contributed by atoms with van der Waals surface area (Å²) in [5, 5.41) is 13.7. The molecule has 4 aromatic rings. The van der Waals surface area contributed by atoms with Crippen molar-refractivity contribution >= 4 is 34.5 Å². The molecular weight excluding hydrogens is 615 g/mol. The van der Waals surface area contributed by atoms with Crippen molar-refractivity contribution in [1.29, 1.82) is 5.26 Å². The van der Waals surface area contributed by atoms with E-state index >= 15 is 0 Å². The van der Waals surface area contributed by atoms with Gasteiger partial charge in [0.25, 0.3) is 5.56 Å². The molecule has 1 fully saturated rings. The quantitative estimate of drug-likeness (QED) is 0.306. The van der Waals surface area contributed by atoms with Crippen LogP contribution in [0.2, 0.25) is 5.02 Å². The van der Waals surface area contributed by atoms with Crippen molar-refractivity contribution in [3.05, 3.63) is 90.8 Å². The van der Waals surface area contributed by atoms with Crippen LogP contribution in [0.15, 0.2) is 52.1 Å². The number of nitrogens with zero attached hydrogens (tertiary/aromatic N) is 5. The fraction of sp³-hybridized carbons (Fsp3) is 0.394. The van der Waals surface area contributed by atoms with Crippen LogP contribution in [0.1, 0.15) is 50.3 Å². The lowest BCUT2D eigenvalue weighted by Crippen LogP contribution is -2.49. The second kappa shape index (κ2) is 12.9. The maximum absolute atomic E-state index is 14.4. The standard InChI is InChI=1S/C33H36ClFN6O5/c1-33(2,3)46-31(43)37-23-7-6-14-39(19-23)29-25(16-36)27-28(40(29)18-21-15-22(35)10-13-26(21)34)30(42)41(32(44)38(27)4)17-20-8-11-24(45-5)12-9-20/h8-13,15,23H,6-7,14,17-19H2,1-5H3,(H,37,43)/t23-/m1/s1. The monoisotopic (exact) mass is 650 g/mol. The van der Waals surface area contributed by atoms with Crippen LogP contribution < -0.4 is 26.2 Å². The predicted octanol–water partition coefficient (Wildman–Crippen LogP) is 4.76. The van der Waals surface area contributed by atoms with Crippen LogP contribution in [-0.2, 0) is 24.9 Å². The molecule has 0 aliphatic carbocycles. The summed E-state index contributed by atoms with van der Waals surface area (Å²) in [5.41, 5.74) is -0.422. The summed E-state index contributed by atoms with van der Waals surface area (Å²) in [5.74, 6) is 0.495. The number of aromatic nitrogens is 3. The number of ether oxygens (including phenoxy) is 2. The van der Waals surface area contributed by atoms with E-state index in [9.17, 15) is 24.0 Å². The number of aryl methyl sites for hydroxylation is 1. The highest BCUT2D eigenvalue weighted by atomic mass is 35.5. The van der Waals surface area contributed by atoms with Gasteiger partial charge < -0.3 is 24.3 Å². The fourth-order valence-corrected chi connectivity index (χ4v) is 6.04. The van der Waals surface area contributed by atoms with Crippen LogP contribution in [-0.4, -0.2) is 51.6 Å². The summed E-state index contributed by atoms with van der Waals surface area (Å²) >= 11 is 6.50. The van der Waals surface area contributed by atoms with Gasteiger partial charge in [-0.2, -0.15) is 5.26 Å². The number of nitriles is 1. The number of carbonyl (C=O) groups is 1. The Hall–Kier alpha value is -4.76. The maximum atomic E-state index is 14.4. The smallest absolute Gasteiger partial charge is 0.407 e. The molecule has 0 saturated carbocycles. The van der Waals surface area contributed by atoms with Crippen molar-refractivity contribution in [2.45, 2.75) is 58.3 Å². The minimum Gasteiger partial charge on any atom is -0.497 e. The van der Waals surface area contributed by atoms with E-state index in [1.165, 1.54) is 29.8 Å². The van der Waals surface area contributed by atoms with Crippen molar-refractivity contribution in [3.63, 3.8) is 0 Å². The van der Waals surface area contributed by atoms with Gasteiger partial charge in [0.05, 0.1) is 25.7 Å². The first-order valence-electron chi connectivity index (χ1n) is 14.9. The average Bonchev–Trinajstić information content (AvgIpc) is 3.33. The number of hydrogen-bond acceptors (Lipinski definition) is 7. The molecule has 3 heterocycles. The number of piperidine rings is 1. The number of alkyl carbamates (subject to hydrolysis) is 1. The normalized spacial score (nSPS) is 15.1. The molecule has 2 aromatic heterocycles. The third kappa shape index (κ3) is 6.60. The lowest BCUT2D eigenvalue weighted by atomic mass is 10.1. The first kappa shape index (κ1) is 32.6. The number of benzene rings is 2. The molecule has 1 atom stereocenters. The molecule has 1 saturated heterocycles. The van der Waals surface area contributed by atoms with E-state index in [2.05, 4.69) is 11.4 Å². The largest absolute Gasteiger partial charge is 0.497 e. The zero-order valence-corrected chi connectivity index (χ0v) is 27.2. The van der Waals surface area contributed by atoms with Gasteiger partial charge in [-0.05, 0) is 75.1 Å². The molecule has 1 aliphatic heterocycles. The van der Waals surface area contributed by atoms with Crippen LogP contribution in [0, 0.1) is 17.1 Å². The Morgan fingerprint density at radius 1 is 1.11 bits per heavy atom. The molecule has 13 heteroatoms. The number of halogens is 2. The van der Waals surface area contributed by atoms with E-state index in [1.54, 1.807) is 56.7 Å². The molecule has 5 rings (SSSR count). The minimum absolute atomic E-state index is 0.0276. The van der Waals surface area contributed by atoms with Gasteiger partial charge in [-0.15, -0.1) is 0 Å². The number of rotatable bonds is 7. The maximum Gasteiger partial charge on any atom is 0.407 e. The Balaban J connectivity index is 1.69. The van der Waals surface area contributed by atoms with Gasteiger partial charge in [-0.1, -0.05) is 23.7 Å². The average molecular weight is 651 g/mol. The first-order chi connectivity index (χ1) is 21.8.